The van der Waals surface area contributed by atoms with Gasteiger partial charge in [0.2, 0.25) is 5.78 Å². The molecule has 0 heterocycles. The van der Waals surface area contributed by atoms with E-state index in [4.69, 9.17) is 11.6 Å². The van der Waals surface area contributed by atoms with Gasteiger partial charge in [-0.3, -0.25) is 9.59 Å². The lowest BCUT2D eigenvalue weighted by Crippen LogP contribution is -2.15. The van der Waals surface area contributed by atoms with Crippen LogP contribution < -0.4 is 0 Å². The first kappa shape index (κ1) is 11.4. The number of alkyl halides is 1. The van der Waals surface area contributed by atoms with E-state index in [1.807, 2.05) is 0 Å². The number of ketones is 2. The van der Waals surface area contributed by atoms with Crippen LogP contribution in [0.4, 0.5) is 0 Å². The molecule has 0 spiro atoms. The average Bonchev–Trinajstić information content (AvgIpc) is 2.16. The summed E-state index contributed by atoms with van der Waals surface area (Å²) in [7, 11) is 0. The Hall–Kier alpha value is -0.670. The zero-order valence-electron chi connectivity index (χ0n) is 7.46. The first-order valence-electron chi connectivity index (χ1n) is 3.96. The number of benzene rings is 1. The SMILES string of the molecule is CC(=O)C(=O)C(Br)c1ccc(Cl)cc1. The molecule has 1 atom stereocenters. The van der Waals surface area contributed by atoms with E-state index >= 15 is 0 Å². The van der Waals surface area contributed by atoms with Gasteiger partial charge in [0.1, 0.15) is 4.83 Å². The van der Waals surface area contributed by atoms with Crippen molar-refractivity contribution >= 4 is 39.1 Å². The quantitative estimate of drug-likeness (QED) is 0.628. The molecule has 0 aliphatic carbocycles. The van der Waals surface area contributed by atoms with Crippen LogP contribution in [0.5, 0.6) is 0 Å². The van der Waals surface area contributed by atoms with Crippen molar-refractivity contribution < 1.29 is 9.59 Å². The summed E-state index contributed by atoms with van der Waals surface area (Å²) in [6, 6.07) is 6.78. The lowest BCUT2D eigenvalue weighted by Gasteiger charge is -2.06. The summed E-state index contributed by atoms with van der Waals surface area (Å²) in [5, 5.41) is 0.601. The Morgan fingerprint density at radius 1 is 1.29 bits per heavy atom. The van der Waals surface area contributed by atoms with Gasteiger partial charge in [-0.25, -0.2) is 0 Å². The smallest absolute Gasteiger partial charge is 0.216 e. The molecule has 0 aromatic heterocycles. The molecule has 1 aromatic rings. The molecule has 2 nitrogen and oxygen atoms in total. The summed E-state index contributed by atoms with van der Waals surface area (Å²) < 4.78 is 0. The molecule has 1 rings (SSSR count). The van der Waals surface area contributed by atoms with E-state index in [-0.39, 0.29) is 0 Å². The highest BCUT2D eigenvalue weighted by atomic mass is 79.9. The van der Waals surface area contributed by atoms with Crippen molar-refractivity contribution in [3.63, 3.8) is 0 Å². The maximum atomic E-state index is 11.3. The highest BCUT2D eigenvalue weighted by Crippen LogP contribution is 2.25. The molecule has 0 aliphatic heterocycles. The van der Waals surface area contributed by atoms with E-state index in [0.29, 0.717) is 5.02 Å². The number of halogens is 2. The Morgan fingerprint density at radius 2 is 1.79 bits per heavy atom. The van der Waals surface area contributed by atoms with Gasteiger partial charge in [0.05, 0.1) is 0 Å². The third-order valence-electron chi connectivity index (χ3n) is 1.74. The number of Topliss-reactive ketones (excluding diaryl/α,β-unsaturated/α-hetero) is 2. The maximum absolute atomic E-state index is 11.3. The van der Waals surface area contributed by atoms with Crippen LogP contribution in [0.3, 0.4) is 0 Å². The van der Waals surface area contributed by atoms with Crippen LogP contribution in [0.25, 0.3) is 0 Å². The van der Waals surface area contributed by atoms with E-state index in [1.54, 1.807) is 24.3 Å². The molecule has 0 N–H and O–H groups in total. The molecule has 1 unspecified atom stereocenters. The van der Waals surface area contributed by atoms with Gasteiger partial charge in [0.25, 0.3) is 0 Å². The van der Waals surface area contributed by atoms with Gasteiger partial charge in [-0.15, -0.1) is 0 Å². The molecule has 0 bridgehead atoms. The van der Waals surface area contributed by atoms with Crippen LogP contribution in [-0.2, 0) is 9.59 Å². The number of hydrogen-bond donors (Lipinski definition) is 0. The minimum Gasteiger partial charge on any atom is -0.291 e. The molecule has 74 valence electrons. The normalized spacial score (nSPS) is 12.2. The zero-order chi connectivity index (χ0) is 10.7. The predicted octanol–water partition coefficient (Wildman–Crippen LogP) is 2.93. The molecule has 1 aromatic carbocycles. The second-order valence-corrected chi connectivity index (χ2v) is 4.19. The van der Waals surface area contributed by atoms with E-state index in [0.717, 1.165) is 5.56 Å². The molecule has 0 saturated carbocycles. The van der Waals surface area contributed by atoms with Crippen LogP contribution in [0.15, 0.2) is 24.3 Å². The van der Waals surface area contributed by atoms with Gasteiger partial charge in [0.15, 0.2) is 5.78 Å². The zero-order valence-corrected chi connectivity index (χ0v) is 9.80. The highest BCUT2D eigenvalue weighted by molar-refractivity contribution is 9.09. The molecule has 14 heavy (non-hydrogen) atoms. The standard InChI is InChI=1S/C10H8BrClO2/c1-6(13)10(14)9(11)7-2-4-8(12)5-3-7/h2-5,9H,1H3. The van der Waals surface area contributed by atoms with Crippen LogP contribution in [0, 0.1) is 0 Å². The molecule has 0 radical (unpaired) electrons. The van der Waals surface area contributed by atoms with E-state index in [9.17, 15) is 9.59 Å². The topological polar surface area (TPSA) is 34.1 Å². The van der Waals surface area contributed by atoms with Crippen molar-refractivity contribution in [2.24, 2.45) is 0 Å². The molecule has 0 aliphatic rings. The number of rotatable bonds is 3. The predicted molar refractivity (Wildman–Crippen MR) is 58.8 cm³/mol. The van der Waals surface area contributed by atoms with Gasteiger partial charge >= 0.3 is 0 Å². The van der Waals surface area contributed by atoms with Crippen LogP contribution in [0.2, 0.25) is 5.02 Å². The molecule has 0 fully saturated rings. The average molecular weight is 276 g/mol. The number of carbonyl (C=O) groups is 2. The van der Waals surface area contributed by atoms with Crippen LogP contribution >= 0.6 is 27.5 Å². The minimum atomic E-state index is -0.572. The highest BCUT2D eigenvalue weighted by Gasteiger charge is 2.20. The van der Waals surface area contributed by atoms with Crippen molar-refractivity contribution in [1.29, 1.82) is 0 Å². The largest absolute Gasteiger partial charge is 0.291 e. The van der Waals surface area contributed by atoms with Gasteiger partial charge < -0.3 is 0 Å². The molecular weight excluding hydrogens is 267 g/mol. The fourth-order valence-electron chi connectivity index (χ4n) is 0.962. The van der Waals surface area contributed by atoms with Crippen molar-refractivity contribution in [2.75, 3.05) is 0 Å². The Kier molecular flexibility index (Phi) is 3.84. The summed E-state index contributed by atoms with van der Waals surface area (Å²) in [5.41, 5.74) is 0.731. The maximum Gasteiger partial charge on any atom is 0.216 e. The second kappa shape index (κ2) is 4.71. The summed E-state index contributed by atoms with van der Waals surface area (Å²) in [6.07, 6.45) is 0. The van der Waals surface area contributed by atoms with Crippen molar-refractivity contribution in [1.82, 2.24) is 0 Å². The fourth-order valence-corrected chi connectivity index (χ4v) is 1.72. The lowest BCUT2D eigenvalue weighted by molar-refractivity contribution is -0.135. The van der Waals surface area contributed by atoms with E-state index in [2.05, 4.69) is 15.9 Å². The molecule has 0 amide bonds. The van der Waals surface area contributed by atoms with Crippen molar-refractivity contribution in [3.8, 4) is 0 Å². The Bertz CT molecular complexity index is 359. The minimum absolute atomic E-state index is 0.452. The van der Waals surface area contributed by atoms with Crippen LogP contribution in [-0.4, -0.2) is 11.6 Å². The molecular formula is C10H8BrClO2. The van der Waals surface area contributed by atoms with Gasteiger partial charge in [-0.05, 0) is 17.7 Å². The number of hydrogen-bond acceptors (Lipinski definition) is 2. The summed E-state index contributed by atoms with van der Waals surface area (Å²) in [5.74, 6) is -0.908. The lowest BCUT2D eigenvalue weighted by atomic mass is 10.1. The van der Waals surface area contributed by atoms with E-state index in [1.165, 1.54) is 6.92 Å². The summed E-state index contributed by atoms with van der Waals surface area (Å²) >= 11 is 8.85. The van der Waals surface area contributed by atoms with Crippen molar-refractivity contribution in [2.45, 2.75) is 11.8 Å². The first-order chi connectivity index (χ1) is 6.52. The number of carbonyl (C=O) groups excluding carboxylic acids is 2. The van der Waals surface area contributed by atoms with E-state index < -0.39 is 16.4 Å². The second-order valence-electron chi connectivity index (χ2n) is 2.83. The first-order valence-corrected chi connectivity index (χ1v) is 5.26. The summed E-state index contributed by atoms with van der Waals surface area (Å²) in [6.45, 7) is 1.26. The van der Waals surface area contributed by atoms with Gasteiger partial charge in [0, 0.05) is 11.9 Å². The third-order valence-corrected chi connectivity index (χ3v) is 2.94. The third kappa shape index (κ3) is 2.66. The van der Waals surface area contributed by atoms with Crippen molar-refractivity contribution in [3.05, 3.63) is 34.9 Å². The molecule has 0 saturated heterocycles. The molecule has 4 heteroatoms. The van der Waals surface area contributed by atoms with Crippen LogP contribution in [0.1, 0.15) is 17.3 Å². The Labute approximate surface area is 95.4 Å². The Balaban J connectivity index is 2.89. The van der Waals surface area contributed by atoms with Gasteiger partial charge in [-0.1, -0.05) is 39.7 Å². The van der Waals surface area contributed by atoms with Gasteiger partial charge in [-0.2, -0.15) is 0 Å². The fraction of sp³-hybridized carbons (Fsp3) is 0.200. The summed E-state index contributed by atoms with van der Waals surface area (Å²) in [4.78, 5) is 21.5. The monoisotopic (exact) mass is 274 g/mol. The Morgan fingerprint density at radius 3 is 2.21 bits per heavy atom.